The number of amides is 1. The number of hydrogen-bond donors (Lipinski definition) is 1. The minimum atomic E-state index is -0.110. The number of benzene rings is 2. The third-order valence-corrected chi connectivity index (χ3v) is 3.93. The van der Waals surface area contributed by atoms with E-state index in [1.165, 1.54) is 5.69 Å². The summed E-state index contributed by atoms with van der Waals surface area (Å²) in [5, 5.41) is 2.90. The van der Waals surface area contributed by atoms with Crippen LogP contribution < -0.4 is 19.7 Å². The highest BCUT2D eigenvalue weighted by Gasteiger charge is 2.05. The molecule has 5 nitrogen and oxygen atoms in total. The van der Waals surface area contributed by atoms with Gasteiger partial charge in [-0.1, -0.05) is 18.2 Å². The molecule has 0 bridgehead atoms. The van der Waals surface area contributed by atoms with Gasteiger partial charge in [-0.2, -0.15) is 0 Å². The quantitative estimate of drug-likeness (QED) is 0.626. The Kier molecular flexibility index (Phi) is 8.33. The largest absolute Gasteiger partial charge is 0.494 e. The first kappa shape index (κ1) is 19.6. The molecule has 0 heterocycles. The second-order valence-electron chi connectivity index (χ2n) is 5.81. The van der Waals surface area contributed by atoms with E-state index >= 15 is 0 Å². The zero-order valence-electron chi connectivity index (χ0n) is 15.6. The molecule has 0 fully saturated rings. The predicted octanol–water partition coefficient (Wildman–Crippen LogP) is 3.50. The number of rotatable bonds is 11. The maximum atomic E-state index is 11.9. The smallest absolute Gasteiger partial charge is 0.257 e. The molecule has 0 spiro atoms. The van der Waals surface area contributed by atoms with Crippen LogP contribution >= 0.6 is 0 Å². The van der Waals surface area contributed by atoms with Crippen molar-refractivity contribution < 1.29 is 14.3 Å². The summed E-state index contributed by atoms with van der Waals surface area (Å²) < 4.78 is 10.9. The number of carbonyl (C=O) groups is 1. The molecule has 1 N–H and O–H groups in total. The first-order valence-corrected chi connectivity index (χ1v) is 9.15. The van der Waals surface area contributed by atoms with Crippen LogP contribution in [-0.4, -0.2) is 38.8 Å². The van der Waals surface area contributed by atoms with Crippen LogP contribution in [0.25, 0.3) is 0 Å². The Morgan fingerprint density at radius 1 is 0.962 bits per heavy atom. The van der Waals surface area contributed by atoms with Crippen LogP contribution in [-0.2, 0) is 4.79 Å². The first-order valence-electron chi connectivity index (χ1n) is 9.15. The highest BCUT2D eigenvalue weighted by atomic mass is 16.5. The summed E-state index contributed by atoms with van der Waals surface area (Å²) in [7, 11) is 0. The lowest BCUT2D eigenvalue weighted by Gasteiger charge is -2.23. The lowest BCUT2D eigenvalue weighted by Crippen LogP contribution is -2.32. The van der Waals surface area contributed by atoms with Gasteiger partial charge in [0.05, 0.1) is 6.61 Å². The molecule has 0 unspecified atom stereocenters. The van der Waals surface area contributed by atoms with Gasteiger partial charge in [0.25, 0.3) is 5.91 Å². The monoisotopic (exact) mass is 356 g/mol. The van der Waals surface area contributed by atoms with Gasteiger partial charge in [-0.15, -0.1) is 0 Å². The van der Waals surface area contributed by atoms with Crippen molar-refractivity contribution in [2.75, 3.05) is 37.7 Å². The minimum Gasteiger partial charge on any atom is -0.494 e. The van der Waals surface area contributed by atoms with Crippen molar-refractivity contribution in [3.05, 3.63) is 54.6 Å². The highest BCUT2D eigenvalue weighted by molar-refractivity contribution is 5.77. The molecule has 5 heteroatoms. The Bertz CT molecular complexity index is 644. The molecule has 2 rings (SSSR count). The molecule has 0 atom stereocenters. The molecule has 0 radical (unpaired) electrons. The van der Waals surface area contributed by atoms with Crippen molar-refractivity contribution in [1.82, 2.24) is 5.32 Å². The zero-order valence-corrected chi connectivity index (χ0v) is 15.6. The Balaban J connectivity index is 1.64. The number of hydrogen-bond acceptors (Lipinski definition) is 4. The standard InChI is InChI=1S/C21H28N2O3/c1-3-23(18-9-6-5-7-10-18)16-8-15-22-21(24)17-26-20-13-11-19(12-14-20)25-4-2/h5-7,9-14H,3-4,8,15-17H2,1-2H3,(H,22,24). The van der Waals surface area contributed by atoms with Gasteiger partial charge >= 0.3 is 0 Å². The Hall–Kier alpha value is -2.69. The average Bonchev–Trinajstić information content (AvgIpc) is 2.68. The topological polar surface area (TPSA) is 50.8 Å². The van der Waals surface area contributed by atoms with Crippen LogP contribution in [0.2, 0.25) is 0 Å². The summed E-state index contributed by atoms with van der Waals surface area (Å²) in [4.78, 5) is 14.2. The lowest BCUT2D eigenvalue weighted by molar-refractivity contribution is -0.123. The molecule has 0 aliphatic rings. The van der Waals surface area contributed by atoms with Gasteiger partial charge in [0, 0.05) is 25.3 Å². The Labute approximate surface area is 155 Å². The van der Waals surface area contributed by atoms with E-state index in [4.69, 9.17) is 9.47 Å². The highest BCUT2D eigenvalue weighted by Crippen LogP contribution is 2.17. The number of para-hydroxylation sites is 1. The van der Waals surface area contributed by atoms with E-state index in [1.54, 1.807) is 12.1 Å². The van der Waals surface area contributed by atoms with Gasteiger partial charge in [-0.25, -0.2) is 0 Å². The van der Waals surface area contributed by atoms with E-state index in [1.807, 2.05) is 37.3 Å². The minimum absolute atomic E-state index is 0.0180. The van der Waals surface area contributed by atoms with Crippen LogP contribution in [0.3, 0.4) is 0 Å². The summed E-state index contributed by atoms with van der Waals surface area (Å²) in [6.45, 7) is 7.20. The van der Waals surface area contributed by atoms with Gasteiger partial charge in [0.1, 0.15) is 11.5 Å². The van der Waals surface area contributed by atoms with E-state index in [0.29, 0.717) is 18.9 Å². The van der Waals surface area contributed by atoms with Crippen LogP contribution in [0.5, 0.6) is 11.5 Å². The molecule has 140 valence electrons. The average molecular weight is 356 g/mol. The fourth-order valence-electron chi connectivity index (χ4n) is 2.60. The van der Waals surface area contributed by atoms with Gasteiger partial charge in [-0.3, -0.25) is 4.79 Å². The second-order valence-corrected chi connectivity index (χ2v) is 5.81. The van der Waals surface area contributed by atoms with Crippen molar-refractivity contribution in [1.29, 1.82) is 0 Å². The SMILES string of the molecule is CCOc1ccc(OCC(=O)NCCCN(CC)c2ccccc2)cc1. The predicted molar refractivity (Wildman–Crippen MR) is 105 cm³/mol. The first-order chi connectivity index (χ1) is 12.7. The normalized spacial score (nSPS) is 10.2. The molecule has 0 aliphatic carbocycles. The number of nitrogens with one attached hydrogen (secondary N) is 1. The van der Waals surface area contributed by atoms with E-state index in [9.17, 15) is 4.79 Å². The molecule has 2 aromatic carbocycles. The van der Waals surface area contributed by atoms with Crippen LogP contribution in [0.4, 0.5) is 5.69 Å². The van der Waals surface area contributed by atoms with Crippen molar-refractivity contribution in [2.24, 2.45) is 0 Å². The van der Waals surface area contributed by atoms with Gasteiger partial charge in [0.15, 0.2) is 6.61 Å². The van der Waals surface area contributed by atoms with E-state index in [2.05, 4.69) is 29.3 Å². The molecule has 0 aromatic heterocycles. The molecule has 1 amide bonds. The third-order valence-electron chi connectivity index (χ3n) is 3.93. The second kappa shape index (κ2) is 11.0. The maximum absolute atomic E-state index is 11.9. The van der Waals surface area contributed by atoms with Crippen molar-refractivity contribution in [2.45, 2.75) is 20.3 Å². The Morgan fingerprint density at radius 2 is 1.62 bits per heavy atom. The molecule has 2 aromatic rings. The summed E-state index contributed by atoms with van der Waals surface area (Å²) in [6.07, 6.45) is 0.886. The van der Waals surface area contributed by atoms with Crippen molar-refractivity contribution >= 4 is 11.6 Å². The molecular weight excluding hydrogens is 328 g/mol. The van der Waals surface area contributed by atoms with Crippen molar-refractivity contribution in [3.8, 4) is 11.5 Å². The summed E-state index contributed by atoms with van der Waals surface area (Å²) in [5.74, 6) is 1.34. The summed E-state index contributed by atoms with van der Waals surface area (Å²) >= 11 is 0. The van der Waals surface area contributed by atoms with Crippen molar-refractivity contribution in [3.63, 3.8) is 0 Å². The Morgan fingerprint density at radius 3 is 2.23 bits per heavy atom. The lowest BCUT2D eigenvalue weighted by atomic mass is 10.2. The molecule has 0 saturated heterocycles. The molecule has 26 heavy (non-hydrogen) atoms. The van der Waals surface area contributed by atoms with Crippen LogP contribution in [0, 0.1) is 0 Å². The zero-order chi connectivity index (χ0) is 18.6. The number of carbonyl (C=O) groups excluding carboxylic acids is 1. The van der Waals surface area contributed by atoms with E-state index in [-0.39, 0.29) is 12.5 Å². The van der Waals surface area contributed by atoms with Gasteiger partial charge in [-0.05, 0) is 56.7 Å². The van der Waals surface area contributed by atoms with E-state index in [0.717, 1.165) is 25.3 Å². The number of anilines is 1. The fourth-order valence-corrected chi connectivity index (χ4v) is 2.60. The summed E-state index contributed by atoms with van der Waals surface area (Å²) in [5.41, 5.74) is 1.21. The maximum Gasteiger partial charge on any atom is 0.257 e. The molecule has 0 saturated carbocycles. The van der Waals surface area contributed by atoms with Gasteiger partial charge in [0.2, 0.25) is 0 Å². The van der Waals surface area contributed by atoms with Gasteiger partial charge < -0.3 is 19.7 Å². The van der Waals surface area contributed by atoms with Crippen LogP contribution in [0.1, 0.15) is 20.3 Å². The third kappa shape index (κ3) is 6.67. The molecule has 0 aliphatic heterocycles. The number of ether oxygens (including phenoxy) is 2. The fraction of sp³-hybridized carbons (Fsp3) is 0.381. The summed E-state index contributed by atoms with van der Waals surface area (Å²) in [6, 6.07) is 17.6. The van der Waals surface area contributed by atoms with E-state index < -0.39 is 0 Å². The number of nitrogens with zero attached hydrogens (tertiary/aromatic N) is 1. The van der Waals surface area contributed by atoms with Crippen LogP contribution in [0.15, 0.2) is 54.6 Å². The molecular formula is C21H28N2O3.